The quantitative estimate of drug-likeness (QED) is 0.0286. The summed E-state index contributed by atoms with van der Waals surface area (Å²) >= 11 is 0. The fourth-order valence-electron chi connectivity index (χ4n) is 4.46. The van der Waals surface area contributed by atoms with Gasteiger partial charge in [-0.1, -0.05) is 116 Å². The number of phosphoric acid groups is 1. The van der Waals surface area contributed by atoms with Crippen LogP contribution in [0.5, 0.6) is 0 Å². The Bertz CT molecular complexity index is 761. The molecule has 0 saturated carbocycles. The summed E-state index contributed by atoms with van der Waals surface area (Å²) in [5.41, 5.74) is 0. The number of carbonyl (C=O) groups excluding carboxylic acids is 2. The number of ether oxygens (including phenoxy) is 2. The maximum absolute atomic E-state index is 12.5. The normalized spacial score (nSPS) is 14.4. The van der Waals surface area contributed by atoms with E-state index in [1.54, 1.807) is 0 Å². The molecule has 0 fully saturated rings. The van der Waals surface area contributed by atoms with Gasteiger partial charge in [0.05, 0.1) is 19.8 Å². The lowest BCUT2D eigenvalue weighted by Gasteiger charge is -2.20. The number of unbranched alkanes of at least 4 members (excludes halogenated alkanes) is 16. The highest BCUT2D eigenvalue weighted by Crippen LogP contribution is 2.43. The first-order valence-electron chi connectivity index (χ1n) is 17.1. The number of aliphatic hydroxyl groups excluding tert-OH is 2. The van der Waals surface area contributed by atoms with Gasteiger partial charge in [0.1, 0.15) is 12.7 Å². The topological polar surface area (TPSA) is 149 Å². The van der Waals surface area contributed by atoms with Gasteiger partial charge in [-0.25, -0.2) is 4.57 Å². The zero-order chi connectivity index (χ0) is 32.7. The Hall–Kier alpha value is -1.29. The fourth-order valence-corrected chi connectivity index (χ4v) is 5.25. The van der Waals surface area contributed by atoms with E-state index < -0.39 is 51.8 Å². The van der Waals surface area contributed by atoms with Crippen LogP contribution < -0.4 is 0 Å². The summed E-state index contributed by atoms with van der Waals surface area (Å²) < 4.78 is 32.4. The maximum Gasteiger partial charge on any atom is 0.472 e. The van der Waals surface area contributed by atoms with E-state index in [1.165, 1.54) is 57.8 Å². The molecule has 11 heteroatoms. The van der Waals surface area contributed by atoms with Crippen LogP contribution in [-0.2, 0) is 32.7 Å². The molecule has 0 aliphatic carbocycles. The van der Waals surface area contributed by atoms with Crippen molar-refractivity contribution in [3.8, 4) is 0 Å². The van der Waals surface area contributed by atoms with E-state index >= 15 is 0 Å². The molecule has 10 nitrogen and oxygen atoms in total. The second-order valence-electron chi connectivity index (χ2n) is 11.5. The summed E-state index contributed by atoms with van der Waals surface area (Å²) in [6.07, 6.45) is 23.4. The van der Waals surface area contributed by atoms with Crippen molar-refractivity contribution in [2.75, 3.05) is 26.4 Å². The molecule has 3 N–H and O–H groups in total. The van der Waals surface area contributed by atoms with Crippen LogP contribution in [0.3, 0.4) is 0 Å². The molecule has 0 bridgehead atoms. The highest BCUT2D eigenvalue weighted by atomic mass is 31.2. The Kier molecular flexibility index (Phi) is 29.5. The van der Waals surface area contributed by atoms with Gasteiger partial charge in [0.2, 0.25) is 0 Å². The predicted molar refractivity (Wildman–Crippen MR) is 173 cm³/mol. The van der Waals surface area contributed by atoms with Gasteiger partial charge < -0.3 is 24.6 Å². The minimum absolute atomic E-state index is 0.182. The molecule has 3 atom stereocenters. The number of hydrogen-bond acceptors (Lipinski definition) is 9. The van der Waals surface area contributed by atoms with Crippen LogP contribution in [0.15, 0.2) is 12.2 Å². The zero-order valence-electron chi connectivity index (χ0n) is 27.6. The summed E-state index contributed by atoms with van der Waals surface area (Å²) in [5.74, 6) is -0.933. The monoisotopic (exact) mass is 650 g/mol. The van der Waals surface area contributed by atoms with E-state index in [-0.39, 0.29) is 19.4 Å². The first-order chi connectivity index (χ1) is 21.2. The van der Waals surface area contributed by atoms with Crippen LogP contribution in [0, 0.1) is 0 Å². The summed E-state index contributed by atoms with van der Waals surface area (Å²) in [6, 6.07) is 0. The highest BCUT2D eigenvalue weighted by molar-refractivity contribution is 7.47. The molecule has 0 rings (SSSR count). The van der Waals surface area contributed by atoms with Gasteiger partial charge in [0.15, 0.2) is 6.10 Å². The zero-order valence-corrected chi connectivity index (χ0v) is 28.5. The SMILES string of the molecule is CCC/C=C\CCCCCCCCCC(=O)O[C@H](COC(=O)CCCCCCCCCCC)COP(=O)(O)OC[C@@H](O)CO. The Morgan fingerprint density at radius 3 is 1.73 bits per heavy atom. The largest absolute Gasteiger partial charge is 0.472 e. The minimum Gasteiger partial charge on any atom is -0.462 e. The number of rotatable bonds is 32. The molecule has 1 unspecified atom stereocenters. The third-order valence-corrected chi connectivity index (χ3v) is 8.10. The molecule has 0 amide bonds. The van der Waals surface area contributed by atoms with Crippen molar-refractivity contribution in [1.82, 2.24) is 0 Å². The van der Waals surface area contributed by atoms with Gasteiger partial charge in [0, 0.05) is 12.8 Å². The molecule has 260 valence electrons. The van der Waals surface area contributed by atoms with E-state index in [0.29, 0.717) is 12.8 Å². The van der Waals surface area contributed by atoms with E-state index in [2.05, 4.69) is 30.5 Å². The molecule has 0 saturated heterocycles. The number of aliphatic hydroxyl groups is 2. The van der Waals surface area contributed by atoms with Crippen LogP contribution >= 0.6 is 7.82 Å². The fraction of sp³-hybridized carbons (Fsp3) is 0.879. The molecule has 0 aromatic rings. The number of carbonyl (C=O) groups is 2. The molecule has 0 heterocycles. The molecule has 0 spiro atoms. The predicted octanol–water partition coefficient (Wildman–Crippen LogP) is 7.72. The summed E-state index contributed by atoms with van der Waals surface area (Å²) in [5, 5.41) is 18.2. The van der Waals surface area contributed by atoms with Crippen molar-refractivity contribution in [2.24, 2.45) is 0 Å². The number of allylic oxidation sites excluding steroid dienone is 2. The molecule has 0 aliphatic rings. The van der Waals surface area contributed by atoms with Gasteiger partial charge in [-0.3, -0.25) is 18.6 Å². The molecule has 0 radical (unpaired) electrons. The molecule has 0 aromatic carbocycles. The van der Waals surface area contributed by atoms with Crippen LogP contribution in [0.1, 0.15) is 149 Å². The Morgan fingerprint density at radius 1 is 0.659 bits per heavy atom. The van der Waals surface area contributed by atoms with Gasteiger partial charge in [0.25, 0.3) is 0 Å². The van der Waals surface area contributed by atoms with Gasteiger partial charge in [-0.05, 0) is 32.1 Å². The number of hydrogen-bond donors (Lipinski definition) is 3. The molecular formula is C33H63O10P. The lowest BCUT2D eigenvalue weighted by Crippen LogP contribution is -2.29. The van der Waals surface area contributed by atoms with Crippen molar-refractivity contribution in [1.29, 1.82) is 0 Å². The standard InChI is InChI=1S/C33H63O10P/c1-3-5-7-9-11-13-14-15-17-19-21-23-25-33(37)43-31(29-42-44(38,39)41-27-30(35)26-34)28-40-32(36)24-22-20-18-16-12-10-8-6-4-2/h7,9,30-31,34-35H,3-6,8,10-29H2,1-2H3,(H,38,39)/b9-7-/t30-,31+/m0/s1. The Labute approximate surface area is 266 Å². The van der Waals surface area contributed by atoms with Gasteiger partial charge in [-0.15, -0.1) is 0 Å². The van der Waals surface area contributed by atoms with E-state index in [0.717, 1.165) is 51.4 Å². The van der Waals surface area contributed by atoms with Gasteiger partial charge in [-0.2, -0.15) is 0 Å². The molecule has 0 aromatic heterocycles. The van der Waals surface area contributed by atoms with E-state index in [9.17, 15) is 24.2 Å². The summed E-state index contributed by atoms with van der Waals surface area (Å²) in [4.78, 5) is 34.6. The first kappa shape index (κ1) is 42.7. The Morgan fingerprint density at radius 2 is 1.16 bits per heavy atom. The van der Waals surface area contributed by atoms with Crippen molar-refractivity contribution in [2.45, 2.75) is 161 Å². The summed E-state index contributed by atoms with van der Waals surface area (Å²) in [7, 11) is -4.60. The average molecular weight is 651 g/mol. The van der Waals surface area contributed by atoms with Crippen molar-refractivity contribution in [3.05, 3.63) is 12.2 Å². The number of esters is 2. The third kappa shape index (κ3) is 29.4. The number of phosphoric ester groups is 1. The van der Waals surface area contributed by atoms with Crippen molar-refractivity contribution >= 4 is 19.8 Å². The lowest BCUT2D eigenvalue weighted by atomic mass is 10.1. The minimum atomic E-state index is -4.60. The molecular weight excluding hydrogens is 587 g/mol. The van der Waals surface area contributed by atoms with Gasteiger partial charge >= 0.3 is 19.8 Å². The Balaban J connectivity index is 4.43. The second-order valence-corrected chi connectivity index (χ2v) is 13.0. The second kappa shape index (κ2) is 30.4. The summed E-state index contributed by atoms with van der Waals surface area (Å²) in [6.45, 7) is 2.27. The average Bonchev–Trinajstić information content (AvgIpc) is 3.00. The maximum atomic E-state index is 12.5. The van der Waals surface area contributed by atoms with Crippen LogP contribution in [0.25, 0.3) is 0 Å². The van der Waals surface area contributed by atoms with Crippen molar-refractivity contribution in [3.63, 3.8) is 0 Å². The van der Waals surface area contributed by atoms with Crippen LogP contribution in [0.4, 0.5) is 0 Å². The smallest absolute Gasteiger partial charge is 0.462 e. The molecule has 0 aliphatic heterocycles. The lowest BCUT2D eigenvalue weighted by molar-refractivity contribution is -0.161. The van der Waals surface area contributed by atoms with Crippen molar-refractivity contribution < 1.29 is 47.8 Å². The highest BCUT2D eigenvalue weighted by Gasteiger charge is 2.27. The molecule has 44 heavy (non-hydrogen) atoms. The first-order valence-corrected chi connectivity index (χ1v) is 18.6. The third-order valence-electron chi connectivity index (χ3n) is 7.15. The van der Waals surface area contributed by atoms with Crippen LogP contribution in [-0.4, -0.2) is 65.7 Å². The van der Waals surface area contributed by atoms with E-state index in [4.69, 9.17) is 19.1 Å². The van der Waals surface area contributed by atoms with E-state index in [1.807, 2.05) is 0 Å². The van der Waals surface area contributed by atoms with Crippen LogP contribution in [0.2, 0.25) is 0 Å².